The predicted molar refractivity (Wildman–Crippen MR) is 139 cm³/mol. The molecule has 180 valence electrons. The van der Waals surface area contributed by atoms with Crippen LogP contribution in [0, 0.1) is 12.8 Å². The summed E-state index contributed by atoms with van der Waals surface area (Å²) in [5, 5.41) is 9.93. The molecular formula is C28H28BrN3O3. The lowest BCUT2D eigenvalue weighted by Crippen LogP contribution is -2.27. The number of aliphatic carboxylic acids is 1. The molecule has 35 heavy (non-hydrogen) atoms. The van der Waals surface area contributed by atoms with Crippen LogP contribution >= 0.6 is 15.9 Å². The van der Waals surface area contributed by atoms with Crippen molar-refractivity contribution in [2.24, 2.45) is 5.92 Å². The fraction of sp³-hybridized carbons (Fsp3) is 0.321. The van der Waals surface area contributed by atoms with E-state index in [1.807, 2.05) is 55.6 Å². The van der Waals surface area contributed by atoms with E-state index >= 15 is 0 Å². The van der Waals surface area contributed by atoms with Crippen LogP contribution in [0.25, 0.3) is 11.0 Å². The van der Waals surface area contributed by atoms with Gasteiger partial charge in [0.15, 0.2) is 0 Å². The number of benzene rings is 2. The summed E-state index contributed by atoms with van der Waals surface area (Å²) >= 11 is 3.57. The number of rotatable bonds is 7. The third-order valence-corrected chi connectivity index (χ3v) is 7.25. The summed E-state index contributed by atoms with van der Waals surface area (Å²) in [7, 11) is 0. The molecular weight excluding hydrogens is 506 g/mol. The molecule has 1 saturated carbocycles. The average molecular weight is 534 g/mol. The Morgan fingerprint density at radius 1 is 1.14 bits per heavy atom. The molecule has 1 fully saturated rings. The topological polar surface area (TPSA) is 77.2 Å². The van der Waals surface area contributed by atoms with Crippen molar-refractivity contribution in [2.75, 3.05) is 0 Å². The summed E-state index contributed by atoms with van der Waals surface area (Å²) in [5.41, 5.74) is 4.90. The number of pyridine rings is 1. The van der Waals surface area contributed by atoms with Crippen LogP contribution in [0.1, 0.15) is 54.2 Å². The molecule has 0 radical (unpaired) electrons. The van der Waals surface area contributed by atoms with Gasteiger partial charge in [0, 0.05) is 29.2 Å². The molecule has 1 aliphatic carbocycles. The van der Waals surface area contributed by atoms with E-state index in [0.29, 0.717) is 19.6 Å². The van der Waals surface area contributed by atoms with E-state index in [9.17, 15) is 9.90 Å². The number of hydrogen-bond acceptors (Lipinski definition) is 4. The number of fused-ring (bicyclic) bond motifs is 1. The van der Waals surface area contributed by atoms with Crippen LogP contribution in [-0.4, -0.2) is 25.6 Å². The van der Waals surface area contributed by atoms with Crippen LogP contribution in [0.4, 0.5) is 0 Å². The zero-order chi connectivity index (χ0) is 24.4. The summed E-state index contributed by atoms with van der Waals surface area (Å²) in [6, 6.07) is 18.1. The lowest BCUT2D eigenvalue weighted by molar-refractivity contribution is -0.143. The van der Waals surface area contributed by atoms with Gasteiger partial charge in [-0.1, -0.05) is 47.0 Å². The van der Waals surface area contributed by atoms with E-state index in [-0.39, 0.29) is 5.92 Å². The molecule has 6 nitrogen and oxygen atoms in total. The molecule has 5 rings (SSSR count). The first-order valence-corrected chi connectivity index (χ1v) is 12.8. The Kier molecular flexibility index (Phi) is 6.86. The van der Waals surface area contributed by atoms with Crippen molar-refractivity contribution in [3.8, 4) is 5.75 Å². The lowest BCUT2D eigenvalue weighted by Gasteiger charge is -2.28. The van der Waals surface area contributed by atoms with E-state index in [0.717, 1.165) is 63.2 Å². The highest BCUT2D eigenvalue weighted by Gasteiger charge is 2.35. The van der Waals surface area contributed by atoms with Crippen molar-refractivity contribution < 1.29 is 14.6 Å². The summed E-state index contributed by atoms with van der Waals surface area (Å²) < 4.78 is 9.26. The first-order valence-electron chi connectivity index (χ1n) is 12.0. The summed E-state index contributed by atoms with van der Waals surface area (Å²) in [5.74, 6) is 0.335. The SMILES string of the molecule is Cc1ccc(COc2ccc3nc(C4CCCCC4C(=O)O)n(Cc4cccc(Br)c4)c3c2)nc1. The Balaban J connectivity index is 1.53. The quantitative estimate of drug-likeness (QED) is 0.293. The highest BCUT2D eigenvalue weighted by atomic mass is 79.9. The van der Waals surface area contributed by atoms with E-state index in [2.05, 4.69) is 37.6 Å². The van der Waals surface area contributed by atoms with Crippen LogP contribution in [0.15, 0.2) is 65.3 Å². The largest absolute Gasteiger partial charge is 0.487 e. The number of imidazole rings is 1. The number of ether oxygens (including phenoxy) is 1. The zero-order valence-corrected chi connectivity index (χ0v) is 21.2. The third kappa shape index (κ3) is 5.25. The highest BCUT2D eigenvalue weighted by molar-refractivity contribution is 9.10. The Labute approximate surface area is 213 Å². The Hall–Kier alpha value is -3.19. The minimum absolute atomic E-state index is 0.109. The zero-order valence-electron chi connectivity index (χ0n) is 19.7. The summed E-state index contributed by atoms with van der Waals surface area (Å²) in [6.45, 7) is 3.00. The minimum Gasteiger partial charge on any atom is -0.487 e. The van der Waals surface area contributed by atoms with Gasteiger partial charge in [-0.3, -0.25) is 9.78 Å². The predicted octanol–water partition coefficient (Wildman–Crippen LogP) is 6.49. The molecule has 0 spiro atoms. The van der Waals surface area contributed by atoms with Gasteiger partial charge in [0.1, 0.15) is 18.2 Å². The van der Waals surface area contributed by atoms with Gasteiger partial charge < -0.3 is 14.4 Å². The number of aromatic nitrogens is 3. The average Bonchev–Trinajstić information content (AvgIpc) is 3.21. The van der Waals surface area contributed by atoms with Crippen molar-refractivity contribution in [3.05, 3.63) is 87.9 Å². The Bertz CT molecular complexity index is 1350. The van der Waals surface area contributed by atoms with Gasteiger partial charge in [-0.25, -0.2) is 4.98 Å². The summed E-state index contributed by atoms with van der Waals surface area (Å²) in [6.07, 6.45) is 5.33. The number of carbonyl (C=O) groups is 1. The molecule has 2 atom stereocenters. The second kappa shape index (κ2) is 10.2. The molecule has 2 aromatic carbocycles. The molecule has 0 bridgehead atoms. The number of halogens is 1. The fourth-order valence-electron chi connectivity index (χ4n) is 4.95. The van der Waals surface area contributed by atoms with Crippen molar-refractivity contribution >= 4 is 32.9 Å². The minimum atomic E-state index is -0.731. The van der Waals surface area contributed by atoms with Crippen molar-refractivity contribution in [3.63, 3.8) is 0 Å². The first kappa shape index (κ1) is 23.5. The highest BCUT2D eigenvalue weighted by Crippen LogP contribution is 2.39. The van der Waals surface area contributed by atoms with E-state index in [1.54, 1.807) is 0 Å². The Morgan fingerprint density at radius 2 is 2.00 bits per heavy atom. The van der Waals surface area contributed by atoms with Gasteiger partial charge >= 0.3 is 5.97 Å². The van der Waals surface area contributed by atoms with Gasteiger partial charge in [-0.2, -0.15) is 0 Å². The molecule has 4 aromatic rings. The molecule has 2 unspecified atom stereocenters. The molecule has 0 amide bonds. The molecule has 0 saturated heterocycles. The van der Waals surface area contributed by atoms with Crippen LogP contribution < -0.4 is 4.74 Å². The molecule has 2 heterocycles. The van der Waals surface area contributed by atoms with Gasteiger partial charge in [0.25, 0.3) is 0 Å². The standard InChI is InChI=1S/C28H28BrN3O3/c1-18-9-10-21(30-15-18)17-35-22-11-12-25-26(14-22)32(16-19-5-4-6-20(29)13-19)27(31-25)23-7-2-3-8-24(23)28(33)34/h4-6,9-15,23-24H,2-3,7-8,16-17H2,1H3,(H,33,34). The Morgan fingerprint density at radius 3 is 2.77 bits per heavy atom. The van der Waals surface area contributed by atoms with E-state index in [4.69, 9.17) is 9.72 Å². The second-order valence-corrected chi connectivity index (χ2v) is 10.2. The molecule has 2 aromatic heterocycles. The van der Waals surface area contributed by atoms with Gasteiger partial charge in [0.2, 0.25) is 0 Å². The molecule has 1 N–H and O–H groups in total. The van der Waals surface area contributed by atoms with E-state index in [1.165, 1.54) is 0 Å². The maximum absolute atomic E-state index is 12.1. The van der Waals surface area contributed by atoms with Crippen LogP contribution in [0.5, 0.6) is 5.75 Å². The summed E-state index contributed by atoms with van der Waals surface area (Å²) in [4.78, 5) is 21.5. The van der Waals surface area contributed by atoms with Gasteiger partial charge in [-0.15, -0.1) is 0 Å². The normalized spacial score (nSPS) is 18.0. The number of nitrogens with zero attached hydrogens (tertiary/aromatic N) is 3. The van der Waals surface area contributed by atoms with Gasteiger partial charge in [-0.05, 0) is 61.2 Å². The number of carboxylic acid groups (broad SMARTS) is 1. The number of hydrogen-bond donors (Lipinski definition) is 1. The number of aryl methyl sites for hydroxylation is 1. The van der Waals surface area contributed by atoms with Crippen molar-refractivity contribution in [1.29, 1.82) is 0 Å². The fourth-order valence-corrected chi connectivity index (χ4v) is 5.40. The molecule has 1 aliphatic rings. The van der Waals surface area contributed by atoms with Gasteiger partial charge in [0.05, 0.1) is 22.6 Å². The maximum Gasteiger partial charge on any atom is 0.307 e. The van der Waals surface area contributed by atoms with Crippen molar-refractivity contribution in [2.45, 2.75) is 51.7 Å². The van der Waals surface area contributed by atoms with Crippen molar-refractivity contribution in [1.82, 2.24) is 14.5 Å². The molecule has 0 aliphatic heterocycles. The molecule has 7 heteroatoms. The maximum atomic E-state index is 12.1. The third-order valence-electron chi connectivity index (χ3n) is 6.75. The van der Waals surface area contributed by atoms with E-state index < -0.39 is 11.9 Å². The van der Waals surface area contributed by atoms with Crippen LogP contribution in [0.2, 0.25) is 0 Å². The monoisotopic (exact) mass is 533 g/mol. The first-order chi connectivity index (χ1) is 17.0. The number of carboxylic acids is 1. The van der Waals surface area contributed by atoms with Crippen LogP contribution in [-0.2, 0) is 17.9 Å². The second-order valence-electron chi connectivity index (χ2n) is 9.29. The lowest BCUT2D eigenvalue weighted by atomic mass is 9.78. The van der Waals surface area contributed by atoms with Crippen LogP contribution in [0.3, 0.4) is 0 Å². The smallest absolute Gasteiger partial charge is 0.307 e.